The highest BCUT2D eigenvalue weighted by Gasteiger charge is 2.25. The zero-order valence-corrected chi connectivity index (χ0v) is 13.5. The summed E-state index contributed by atoms with van der Waals surface area (Å²) in [6.45, 7) is 5.22. The summed E-state index contributed by atoms with van der Waals surface area (Å²) in [7, 11) is 1.60. The summed E-state index contributed by atoms with van der Waals surface area (Å²) in [6, 6.07) is 0. The highest BCUT2D eigenvalue weighted by molar-refractivity contribution is 9.10. The van der Waals surface area contributed by atoms with Crippen LogP contribution in [0.15, 0.2) is 4.47 Å². The van der Waals surface area contributed by atoms with Gasteiger partial charge in [-0.15, -0.1) is 23.7 Å². The van der Waals surface area contributed by atoms with E-state index in [1.807, 2.05) is 11.8 Å². The number of methoxy groups -OCH3 is 1. The lowest BCUT2D eigenvalue weighted by molar-refractivity contribution is 0.0737. The van der Waals surface area contributed by atoms with Crippen molar-refractivity contribution in [3.63, 3.8) is 0 Å². The number of ether oxygens (including phenoxy) is 1. The molecule has 7 heteroatoms. The number of nitrogens with one attached hydrogen (secondary N) is 1. The Labute approximate surface area is 125 Å². The van der Waals surface area contributed by atoms with Crippen molar-refractivity contribution in [2.75, 3.05) is 33.3 Å². The Morgan fingerprint density at radius 3 is 2.61 bits per heavy atom. The second-order valence-corrected chi connectivity index (χ2v) is 5.89. The molecule has 1 aromatic rings. The number of carbonyl (C=O) groups is 1. The summed E-state index contributed by atoms with van der Waals surface area (Å²) in [4.78, 5) is 16.0. The molecule has 1 aromatic heterocycles. The molecule has 0 bridgehead atoms. The molecule has 0 atom stereocenters. The molecule has 0 unspecified atom stereocenters. The van der Waals surface area contributed by atoms with E-state index in [0.717, 1.165) is 35.5 Å². The third-order valence-electron chi connectivity index (χ3n) is 2.77. The Morgan fingerprint density at radius 2 is 2.06 bits per heavy atom. The molecule has 1 aliphatic heterocycles. The first-order valence-corrected chi connectivity index (χ1v) is 7.09. The van der Waals surface area contributed by atoms with Gasteiger partial charge in [0.05, 0.1) is 11.6 Å². The number of amides is 1. The van der Waals surface area contributed by atoms with Gasteiger partial charge in [0.15, 0.2) is 5.75 Å². The maximum Gasteiger partial charge on any atom is 0.267 e. The van der Waals surface area contributed by atoms with Crippen molar-refractivity contribution in [3.8, 4) is 5.75 Å². The SMILES string of the molecule is COc1c(C(=O)N2CCNCC2)sc(C)c1Br.Cl. The molecule has 102 valence electrons. The summed E-state index contributed by atoms with van der Waals surface area (Å²) < 4.78 is 6.20. The number of hydrogen-bond donors (Lipinski definition) is 1. The molecule has 0 radical (unpaired) electrons. The highest BCUT2D eigenvalue weighted by atomic mass is 79.9. The largest absolute Gasteiger partial charge is 0.494 e. The zero-order chi connectivity index (χ0) is 12.4. The summed E-state index contributed by atoms with van der Waals surface area (Å²) in [5.74, 6) is 0.734. The minimum Gasteiger partial charge on any atom is -0.494 e. The van der Waals surface area contributed by atoms with E-state index in [0.29, 0.717) is 10.6 Å². The standard InChI is InChI=1S/C11H15BrN2O2S.ClH/c1-7-8(12)9(16-2)10(17-7)11(15)14-5-3-13-4-6-14;/h13H,3-6H2,1-2H3;1H. The van der Waals surface area contributed by atoms with E-state index in [-0.39, 0.29) is 18.3 Å². The van der Waals surface area contributed by atoms with Gasteiger partial charge in [-0.1, -0.05) is 0 Å². The summed E-state index contributed by atoms with van der Waals surface area (Å²) >= 11 is 4.94. The number of rotatable bonds is 2. The minimum absolute atomic E-state index is 0. The van der Waals surface area contributed by atoms with Crippen molar-refractivity contribution in [2.45, 2.75) is 6.92 Å². The maximum atomic E-state index is 12.4. The number of piperazine rings is 1. The predicted octanol–water partition coefficient (Wildman–Crippen LogP) is 2.29. The molecule has 0 aliphatic carbocycles. The van der Waals surface area contributed by atoms with Gasteiger partial charge in [0.25, 0.3) is 5.91 Å². The van der Waals surface area contributed by atoms with Crippen molar-refractivity contribution < 1.29 is 9.53 Å². The maximum absolute atomic E-state index is 12.4. The molecule has 1 N–H and O–H groups in total. The number of thiophene rings is 1. The Hall–Kier alpha value is -0.300. The molecular formula is C11H16BrClN2O2S. The average Bonchev–Trinajstić information content (AvgIpc) is 2.65. The molecule has 1 fully saturated rings. The molecule has 0 saturated carbocycles. The summed E-state index contributed by atoms with van der Waals surface area (Å²) in [6.07, 6.45) is 0. The molecule has 2 rings (SSSR count). The lowest BCUT2D eigenvalue weighted by atomic mass is 10.3. The Kier molecular flexibility index (Phi) is 5.91. The van der Waals surface area contributed by atoms with Gasteiger partial charge in [-0.25, -0.2) is 0 Å². The summed E-state index contributed by atoms with van der Waals surface area (Å²) in [5.41, 5.74) is 0. The van der Waals surface area contributed by atoms with Crippen LogP contribution in [0.1, 0.15) is 14.5 Å². The van der Waals surface area contributed by atoms with E-state index in [4.69, 9.17) is 4.74 Å². The van der Waals surface area contributed by atoms with Crippen LogP contribution in [0.3, 0.4) is 0 Å². The first-order valence-electron chi connectivity index (χ1n) is 5.48. The fourth-order valence-electron chi connectivity index (χ4n) is 1.84. The van der Waals surface area contributed by atoms with Gasteiger partial charge in [-0.05, 0) is 22.9 Å². The van der Waals surface area contributed by atoms with Gasteiger partial charge < -0.3 is 15.0 Å². The number of carbonyl (C=O) groups excluding carboxylic acids is 1. The van der Waals surface area contributed by atoms with Crippen LogP contribution in [0.4, 0.5) is 0 Å². The van der Waals surface area contributed by atoms with Crippen molar-refractivity contribution >= 4 is 45.6 Å². The van der Waals surface area contributed by atoms with Gasteiger partial charge in [-0.3, -0.25) is 4.79 Å². The first kappa shape index (κ1) is 15.8. The van der Waals surface area contributed by atoms with E-state index < -0.39 is 0 Å². The molecule has 0 spiro atoms. The smallest absolute Gasteiger partial charge is 0.267 e. The Bertz CT molecular complexity index is 433. The van der Waals surface area contributed by atoms with Crippen molar-refractivity contribution in [1.29, 1.82) is 0 Å². The monoisotopic (exact) mass is 354 g/mol. The molecule has 18 heavy (non-hydrogen) atoms. The fraction of sp³-hybridized carbons (Fsp3) is 0.545. The Balaban J connectivity index is 0.00000162. The lowest BCUT2D eigenvalue weighted by Crippen LogP contribution is -2.46. The lowest BCUT2D eigenvalue weighted by Gasteiger charge is -2.27. The van der Waals surface area contributed by atoms with Gasteiger partial charge in [0.2, 0.25) is 0 Å². The van der Waals surface area contributed by atoms with E-state index in [9.17, 15) is 4.79 Å². The Morgan fingerprint density at radius 1 is 1.44 bits per heavy atom. The van der Waals surface area contributed by atoms with Gasteiger partial charge in [0, 0.05) is 31.1 Å². The van der Waals surface area contributed by atoms with Crippen LogP contribution in [0.2, 0.25) is 0 Å². The number of halogens is 2. The van der Waals surface area contributed by atoms with Gasteiger partial charge >= 0.3 is 0 Å². The van der Waals surface area contributed by atoms with E-state index >= 15 is 0 Å². The van der Waals surface area contributed by atoms with Gasteiger partial charge in [0.1, 0.15) is 4.88 Å². The van der Waals surface area contributed by atoms with Crippen LogP contribution in [0.25, 0.3) is 0 Å². The number of aryl methyl sites for hydroxylation is 1. The van der Waals surface area contributed by atoms with Gasteiger partial charge in [-0.2, -0.15) is 0 Å². The third kappa shape index (κ3) is 2.99. The normalized spacial score (nSPS) is 15.2. The van der Waals surface area contributed by atoms with Crippen LogP contribution in [-0.2, 0) is 0 Å². The first-order chi connectivity index (χ1) is 8.15. The quantitative estimate of drug-likeness (QED) is 0.885. The third-order valence-corrected chi connectivity index (χ3v) is 5.06. The number of nitrogens with zero attached hydrogens (tertiary/aromatic N) is 1. The highest BCUT2D eigenvalue weighted by Crippen LogP contribution is 2.39. The zero-order valence-electron chi connectivity index (χ0n) is 10.3. The molecule has 0 aromatic carbocycles. The van der Waals surface area contributed by atoms with E-state index in [1.165, 1.54) is 11.3 Å². The second-order valence-electron chi connectivity index (χ2n) is 3.88. The van der Waals surface area contributed by atoms with Crippen LogP contribution < -0.4 is 10.1 Å². The van der Waals surface area contributed by atoms with Crippen molar-refractivity contribution in [3.05, 3.63) is 14.2 Å². The van der Waals surface area contributed by atoms with Crippen LogP contribution in [0, 0.1) is 6.92 Å². The topological polar surface area (TPSA) is 41.6 Å². The van der Waals surface area contributed by atoms with Crippen molar-refractivity contribution in [1.82, 2.24) is 10.2 Å². The molecule has 1 saturated heterocycles. The van der Waals surface area contributed by atoms with Crippen LogP contribution >= 0.6 is 39.7 Å². The predicted molar refractivity (Wildman–Crippen MR) is 79.3 cm³/mol. The summed E-state index contributed by atoms with van der Waals surface area (Å²) in [5, 5.41) is 3.24. The molecule has 4 nitrogen and oxygen atoms in total. The van der Waals surface area contributed by atoms with Crippen LogP contribution in [0.5, 0.6) is 5.75 Å². The van der Waals surface area contributed by atoms with Crippen molar-refractivity contribution in [2.24, 2.45) is 0 Å². The number of hydrogen-bond acceptors (Lipinski definition) is 4. The van der Waals surface area contributed by atoms with E-state index in [1.54, 1.807) is 7.11 Å². The molecule has 1 amide bonds. The second kappa shape index (κ2) is 6.75. The van der Waals surface area contributed by atoms with Crippen LogP contribution in [-0.4, -0.2) is 44.1 Å². The van der Waals surface area contributed by atoms with E-state index in [2.05, 4.69) is 21.2 Å². The molecular weight excluding hydrogens is 340 g/mol. The fourth-order valence-corrected chi connectivity index (χ4v) is 3.56. The molecule has 2 heterocycles. The average molecular weight is 356 g/mol. The minimum atomic E-state index is 0. The molecule has 1 aliphatic rings.